The second kappa shape index (κ2) is 10.4. The van der Waals surface area contributed by atoms with E-state index in [2.05, 4.69) is 31.9 Å². The van der Waals surface area contributed by atoms with Crippen molar-refractivity contribution in [3.05, 3.63) is 68.6 Å². The summed E-state index contributed by atoms with van der Waals surface area (Å²) in [6, 6.07) is 13.7. The minimum absolute atomic E-state index is 0.0506. The Labute approximate surface area is 179 Å². The van der Waals surface area contributed by atoms with Crippen LogP contribution in [0.3, 0.4) is 0 Å². The standard InChI is InChI=1S/C20H20Br2O6/c21-13-5-1-11(2-6-13)9-15(23)17(25)19(27)20(28)18(26)16(24)10-12-3-7-14(22)8-4-12/h1-8,15-18,23-26H,9-10H2/t15?,16?,17-,18+. The molecule has 0 radical (unpaired) electrons. The molecule has 0 amide bonds. The molecular formula is C20H20Br2O6. The molecule has 0 heterocycles. The third-order valence-corrected chi connectivity index (χ3v) is 5.28. The van der Waals surface area contributed by atoms with Crippen molar-refractivity contribution in [3.8, 4) is 0 Å². The van der Waals surface area contributed by atoms with Gasteiger partial charge in [-0.1, -0.05) is 56.1 Å². The van der Waals surface area contributed by atoms with Gasteiger partial charge in [-0.25, -0.2) is 0 Å². The molecule has 4 N–H and O–H groups in total. The molecule has 2 unspecified atom stereocenters. The minimum atomic E-state index is -1.99. The smallest absolute Gasteiger partial charge is 0.232 e. The molecule has 150 valence electrons. The molecule has 2 rings (SSSR count). The highest BCUT2D eigenvalue weighted by atomic mass is 79.9. The third-order valence-electron chi connectivity index (χ3n) is 4.23. The number of ketones is 2. The van der Waals surface area contributed by atoms with Crippen molar-refractivity contribution in [2.75, 3.05) is 0 Å². The maximum absolute atomic E-state index is 12.1. The van der Waals surface area contributed by atoms with Gasteiger partial charge in [0.05, 0.1) is 12.2 Å². The molecular weight excluding hydrogens is 496 g/mol. The van der Waals surface area contributed by atoms with Gasteiger partial charge >= 0.3 is 0 Å². The third kappa shape index (κ3) is 6.30. The van der Waals surface area contributed by atoms with Gasteiger partial charge in [0, 0.05) is 21.8 Å². The molecule has 0 spiro atoms. The summed E-state index contributed by atoms with van der Waals surface area (Å²) in [6.45, 7) is 0. The van der Waals surface area contributed by atoms with Gasteiger partial charge in [0.2, 0.25) is 11.6 Å². The predicted molar refractivity (Wildman–Crippen MR) is 110 cm³/mol. The monoisotopic (exact) mass is 514 g/mol. The molecule has 2 aromatic carbocycles. The zero-order chi connectivity index (χ0) is 20.8. The number of carbonyl (C=O) groups excluding carboxylic acids is 2. The zero-order valence-corrected chi connectivity index (χ0v) is 17.9. The fraction of sp³-hybridized carbons (Fsp3) is 0.300. The summed E-state index contributed by atoms with van der Waals surface area (Å²) in [4.78, 5) is 24.3. The van der Waals surface area contributed by atoms with Crippen molar-refractivity contribution < 1.29 is 30.0 Å². The highest BCUT2D eigenvalue weighted by molar-refractivity contribution is 9.10. The average molecular weight is 516 g/mol. The van der Waals surface area contributed by atoms with Crippen LogP contribution in [-0.4, -0.2) is 56.4 Å². The van der Waals surface area contributed by atoms with Crippen LogP contribution in [0.1, 0.15) is 11.1 Å². The van der Waals surface area contributed by atoms with Crippen molar-refractivity contribution in [1.82, 2.24) is 0 Å². The Morgan fingerprint density at radius 2 is 0.929 bits per heavy atom. The van der Waals surface area contributed by atoms with Gasteiger partial charge in [0.25, 0.3) is 0 Å². The number of Topliss-reactive ketones (excluding diaryl/α,β-unsaturated/α-hetero) is 2. The van der Waals surface area contributed by atoms with Crippen LogP contribution in [0.4, 0.5) is 0 Å². The van der Waals surface area contributed by atoms with E-state index >= 15 is 0 Å². The summed E-state index contributed by atoms with van der Waals surface area (Å²) in [5.74, 6) is -2.68. The van der Waals surface area contributed by atoms with E-state index in [9.17, 15) is 30.0 Å². The molecule has 8 heteroatoms. The topological polar surface area (TPSA) is 115 Å². The van der Waals surface area contributed by atoms with Gasteiger partial charge < -0.3 is 20.4 Å². The molecule has 0 saturated heterocycles. The number of aliphatic hydroxyl groups is 4. The first kappa shape index (κ1) is 22.9. The first-order valence-electron chi connectivity index (χ1n) is 8.48. The molecule has 0 bridgehead atoms. The lowest BCUT2D eigenvalue weighted by molar-refractivity contribution is -0.152. The van der Waals surface area contributed by atoms with E-state index in [1.165, 1.54) is 0 Å². The van der Waals surface area contributed by atoms with Crippen LogP contribution in [0.15, 0.2) is 57.5 Å². The molecule has 6 nitrogen and oxygen atoms in total. The molecule has 0 aliphatic rings. The highest BCUT2D eigenvalue weighted by Gasteiger charge is 2.36. The van der Waals surface area contributed by atoms with Crippen LogP contribution in [-0.2, 0) is 22.4 Å². The van der Waals surface area contributed by atoms with Crippen molar-refractivity contribution in [2.24, 2.45) is 0 Å². The number of aliphatic hydroxyl groups excluding tert-OH is 4. The number of hydrogen-bond acceptors (Lipinski definition) is 6. The second-order valence-corrected chi connectivity index (χ2v) is 8.25. The summed E-state index contributed by atoms with van der Waals surface area (Å²) in [5, 5.41) is 40.1. The summed E-state index contributed by atoms with van der Waals surface area (Å²) in [6.07, 6.45) is -7.13. The average Bonchev–Trinajstić information content (AvgIpc) is 2.69. The van der Waals surface area contributed by atoms with E-state index in [-0.39, 0.29) is 12.8 Å². The maximum atomic E-state index is 12.1. The largest absolute Gasteiger partial charge is 0.390 e. The van der Waals surface area contributed by atoms with E-state index in [1.807, 2.05) is 0 Å². The zero-order valence-electron chi connectivity index (χ0n) is 14.7. The number of benzene rings is 2. The van der Waals surface area contributed by atoms with E-state index in [0.29, 0.717) is 11.1 Å². The number of rotatable bonds is 9. The van der Waals surface area contributed by atoms with E-state index in [4.69, 9.17) is 0 Å². The van der Waals surface area contributed by atoms with E-state index in [0.717, 1.165) is 8.95 Å². The van der Waals surface area contributed by atoms with Gasteiger partial charge in [-0.15, -0.1) is 0 Å². The Hall–Kier alpha value is -1.42. The Kier molecular flexibility index (Phi) is 8.48. The Morgan fingerprint density at radius 3 is 1.21 bits per heavy atom. The van der Waals surface area contributed by atoms with Gasteiger partial charge in [0.15, 0.2) is 0 Å². The van der Waals surface area contributed by atoms with Crippen LogP contribution in [0.25, 0.3) is 0 Å². The fourth-order valence-electron chi connectivity index (χ4n) is 2.59. The van der Waals surface area contributed by atoms with Crippen LogP contribution < -0.4 is 0 Å². The lowest BCUT2D eigenvalue weighted by Gasteiger charge is -2.20. The number of hydrogen-bond donors (Lipinski definition) is 4. The first-order chi connectivity index (χ1) is 13.2. The fourth-order valence-corrected chi connectivity index (χ4v) is 3.12. The van der Waals surface area contributed by atoms with Crippen molar-refractivity contribution in [3.63, 3.8) is 0 Å². The maximum Gasteiger partial charge on any atom is 0.232 e. The minimum Gasteiger partial charge on any atom is -0.390 e. The lowest BCUT2D eigenvalue weighted by atomic mass is 9.94. The van der Waals surface area contributed by atoms with E-state index in [1.54, 1.807) is 48.5 Å². The quantitative estimate of drug-likeness (QED) is 0.377. The van der Waals surface area contributed by atoms with Crippen molar-refractivity contribution in [2.45, 2.75) is 37.3 Å². The van der Waals surface area contributed by atoms with Gasteiger partial charge in [-0.05, 0) is 35.4 Å². The molecule has 0 aromatic heterocycles. The molecule has 0 aliphatic heterocycles. The summed E-state index contributed by atoms with van der Waals surface area (Å²) < 4.78 is 1.67. The van der Waals surface area contributed by atoms with Gasteiger partial charge in [0.1, 0.15) is 12.2 Å². The summed E-state index contributed by atoms with van der Waals surface area (Å²) in [5.41, 5.74) is 1.32. The van der Waals surface area contributed by atoms with E-state index < -0.39 is 36.0 Å². The predicted octanol–water partition coefficient (Wildman–Crippen LogP) is 1.58. The van der Waals surface area contributed by atoms with Crippen molar-refractivity contribution in [1.29, 1.82) is 0 Å². The number of carbonyl (C=O) groups is 2. The van der Waals surface area contributed by atoms with Crippen LogP contribution in [0, 0.1) is 0 Å². The highest BCUT2D eigenvalue weighted by Crippen LogP contribution is 2.15. The Balaban J connectivity index is 1.95. The molecule has 0 saturated carbocycles. The molecule has 2 aromatic rings. The van der Waals surface area contributed by atoms with Crippen molar-refractivity contribution >= 4 is 43.4 Å². The van der Waals surface area contributed by atoms with Crippen LogP contribution in [0.2, 0.25) is 0 Å². The van der Waals surface area contributed by atoms with Crippen LogP contribution >= 0.6 is 31.9 Å². The molecule has 0 aliphatic carbocycles. The Bertz CT molecular complexity index is 737. The van der Waals surface area contributed by atoms with Crippen LogP contribution in [0.5, 0.6) is 0 Å². The van der Waals surface area contributed by atoms with Gasteiger partial charge in [-0.2, -0.15) is 0 Å². The van der Waals surface area contributed by atoms with Gasteiger partial charge in [-0.3, -0.25) is 9.59 Å². The Morgan fingerprint density at radius 1 is 0.643 bits per heavy atom. The molecule has 28 heavy (non-hydrogen) atoms. The summed E-state index contributed by atoms with van der Waals surface area (Å²) >= 11 is 6.55. The second-order valence-electron chi connectivity index (χ2n) is 6.41. The lowest BCUT2D eigenvalue weighted by Crippen LogP contribution is -2.47. The normalized spacial score (nSPS) is 15.5. The SMILES string of the molecule is O=C(C(=O)[C@H](O)C(O)Cc1ccc(Br)cc1)[C@@H](O)C(O)Cc1ccc(Br)cc1. The molecule has 4 atom stereocenters. The molecule has 0 fully saturated rings. The first-order valence-corrected chi connectivity index (χ1v) is 10.1. The number of halogens is 2. The summed E-state index contributed by atoms with van der Waals surface area (Å²) in [7, 11) is 0.